The highest BCUT2D eigenvalue weighted by Crippen LogP contribution is 2.22. The third kappa shape index (κ3) is 7.00. The van der Waals surface area contributed by atoms with Crippen LogP contribution in [0.4, 0.5) is 4.39 Å². The maximum atomic E-state index is 13.8. The molecule has 1 unspecified atom stereocenters. The van der Waals surface area contributed by atoms with Crippen molar-refractivity contribution in [1.82, 2.24) is 14.9 Å². The van der Waals surface area contributed by atoms with Crippen molar-refractivity contribution in [3.05, 3.63) is 83.7 Å². The van der Waals surface area contributed by atoms with Crippen molar-refractivity contribution in [2.45, 2.75) is 45.1 Å². The Morgan fingerprint density at radius 1 is 1.12 bits per heavy atom. The number of hydrogen-bond donors (Lipinski definition) is 1. The number of carbonyl (C=O) groups excluding carboxylic acids is 2. The number of rotatable bonds is 12. The lowest BCUT2D eigenvalue weighted by Crippen LogP contribution is -2.31. The largest absolute Gasteiger partial charge is 0.494 e. The van der Waals surface area contributed by atoms with Crippen molar-refractivity contribution >= 4 is 11.7 Å². The number of benzene rings is 2. The lowest BCUT2D eigenvalue weighted by molar-refractivity contribution is -0.121. The van der Waals surface area contributed by atoms with Gasteiger partial charge in [-0.1, -0.05) is 31.9 Å². The number of carbonyl (C=O) groups is 2. The van der Waals surface area contributed by atoms with Crippen LogP contribution in [0.3, 0.4) is 0 Å². The number of imidazole rings is 1. The molecule has 1 N–H and O–H groups in total. The summed E-state index contributed by atoms with van der Waals surface area (Å²) in [5.74, 6) is 0.482. The van der Waals surface area contributed by atoms with Crippen molar-refractivity contribution in [3.8, 4) is 5.75 Å². The van der Waals surface area contributed by atoms with Gasteiger partial charge in [-0.3, -0.25) is 9.59 Å². The molecule has 174 valence electrons. The number of aromatic nitrogens is 2. The zero-order valence-corrected chi connectivity index (χ0v) is 19.1. The number of ketones is 1. The molecule has 0 bridgehead atoms. The minimum absolute atomic E-state index is 0.0182. The number of amides is 1. The summed E-state index contributed by atoms with van der Waals surface area (Å²) in [7, 11) is 1.81. The molecule has 1 heterocycles. The normalized spacial score (nSPS) is 11.7. The van der Waals surface area contributed by atoms with E-state index in [1.165, 1.54) is 12.1 Å². The number of hydrogen-bond acceptors (Lipinski definition) is 4. The molecule has 0 spiro atoms. The Bertz CT molecular complexity index is 1060. The molecule has 33 heavy (non-hydrogen) atoms. The van der Waals surface area contributed by atoms with E-state index in [1.807, 2.05) is 7.05 Å². The van der Waals surface area contributed by atoms with Crippen LogP contribution in [-0.2, 0) is 11.8 Å². The monoisotopic (exact) mass is 451 g/mol. The Morgan fingerprint density at radius 3 is 2.58 bits per heavy atom. The molecular weight excluding hydrogens is 421 g/mol. The minimum atomic E-state index is -0.618. The maximum absolute atomic E-state index is 13.8. The smallest absolute Gasteiger partial charge is 0.221 e. The molecule has 0 fully saturated rings. The van der Waals surface area contributed by atoms with Gasteiger partial charge in [-0.15, -0.1) is 0 Å². The van der Waals surface area contributed by atoms with Crippen molar-refractivity contribution < 1.29 is 18.7 Å². The molecule has 1 amide bonds. The average molecular weight is 452 g/mol. The summed E-state index contributed by atoms with van der Waals surface area (Å²) < 4.78 is 21.2. The molecule has 0 saturated carbocycles. The van der Waals surface area contributed by atoms with Crippen LogP contribution in [0, 0.1) is 5.82 Å². The third-order valence-corrected chi connectivity index (χ3v) is 5.38. The van der Waals surface area contributed by atoms with Crippen LogP contribution in [0.5, 0.6) is 5.75 Å². The minimum Gasteiger partial charge on any atom is -0.494 e. The fourth-order valence-electron chi connectivity index (χ4n) is 3.52. The van der Waals surface area contributed by atoms with E-state index in [9.17, 15) is 14.0 Å². The predicted octanol–water partition coefficient (Wildman–Crippen LogP) is 5.00. The second-order valence-electron chi connectivity index (χ2n) is 7.96. The van der Waals surface area contributed by atoms with Crippen LogP contribution in [0.1, 0.15) is 66.8 Å². The van der Waals surface area contributed by atoms with Gasteiger partial charge in [-0.2, -0.15) is 0 Å². The van der Waals surface area contributed by atoms with E-state index < -0.39 is 11.9 Å². The van der Waals surface area contributed by atoms with E-state index in [1.54, 1.807) is 53.4 Å². The van der Waals surface area contributed by atoms with Gasteiger partial charge in [0.05, 0.1) is 6.61 Å². The molecule has 1 atom stereocenters. The molecule has 3 aromatic rings. The molecule has 7 heteroatoms. The number of ether oxygens (including phenoxy) is 1. The first-order valence-corrected chi connectivity index (χ1v) is 11.3. The van der Waals surface area contributed by atoms with Gasteiger partial charge in [0.1, 0.15) is 23.4 Å². The third-order valence-electron chi connectivity index (χ3n) is 5.38. The van der Waals surface area contributed by atoms with Crippen LogP contribution in [-0.4, -0.2) is 27.8 Å². The summed E-state index contributed by atoms with van der Waals surface area (Å²) in [5.41, 5.74) is 1.12. The lowest BCUT2D eigenvalue weighted by atomic mass is 10.0. The Balaban J connectivity index is 1.57. The van der Waals surface area contributed by atoms with E-state index in [0.29, 0.717) is 23.6 Å². The highest BCUT2D eigenvalue weighted by atomic mass is 19.1. The Morgan fingerprint density at radius 2 is 1.91 bits per heavy atom. The van der Waals surface area contributed by atoms with Gasteiger partial charge < -0.3 is 14.6 Å². The predicted molar refractivity (Wildman–Crippen MR) is 125 cm³/mol. The SMILES string of the molecule is CCCCCOc1ccc(C(=O)CCC(=O)NC(c2cccc(F)c2)c2nccn2C)cc1. The fourth-order valence-corrected chi connectivity index (χ4v) is 3.52. The number of unbranched alkanes of at least 4 members (excludes halogenated alkanes) is 2. The van der Waals surface area contributed by atoms with Gasteiger partial charge in [-0.25, -0.2) is 9.37 Å². The summed E-state index contributed by atoms with van der Waals surface area (Å²) in [5, 5.41) is 2.89. The topological polar surface area (TPSA) is 73.2 Å². The van der Waals surface area contributed by atoms with Gasteiger partial charge in [0.15, 0.2) is 5.78 Å². The van der Waals surface area contributed by atoms with E-state index in [4.69, 9.17) is 4.74 Å². The highest BCUT2D eigenvalue weighted by Gasteiger charge is 2.21. The van der Waals surface area contributed by atoms with Gasteiger partial charge in [0, 0.05) is 37.8 Å². The maximum Gasteiger partial charge on any atom is 0.221 e. The lowest BCUT2D eigenvalue weighted by Gasteiger charge is -2.19. The zero-order chi connectivity index (χ0) is 23.6. The highest BCUT2D eigenvalue weighted by molar-refractivity contribution is 5.98. The van der Waals surface area contributed by atoms with Crippen LogP contribution in [0.2, 0.25) is 0 Å². The van der Waals surface area contributed by atoms with E-state index >= 15 is 0 Å². The first-order valence-electron chi connectivity index (χ1n) is 11.3. The first kappa shape index (κ1) is 24.2. The summed E-state index contributed by atoms with van der Waals surface area (Å²) in [6, 6.07) is 12.4. The second kappa shape index (κ2) is 11.9. The second-order valence-corrected chi connectivity index (χ2v) is 7.96. The van der Waals surface area contributed by atoms with Crippen LogP contribution in [0.15, 0.2) is 60.9 Å². The molecule has 0 radical (unpaired) electrons. The van der Waals surface area contributed by atoms with Crippen LogP contribution in [0.25, 0.3) is 0 Å². The Labute approximate surface area is 193 Å². The number of aryl methyl sites for hydroxylation is 1. The van der Waals surface area contributed by atoms with Crippen molar-refractivity contribution in [2.75, 3.05) is 6.61 Å². The van der Waals surface area contributed by atoms with Gasteiger partial charge >= 0.3 is 0 Å². The van der Waals surface area contributed by atoms with Crippen molar-refractivity contribution in [3.63, 3.8) is 0 Å². The zero-order valence-electron chi connectivity index (χ0n) is 19.1. The molecular formula is C26H30FN3O3. The van der Waals surface area contributed by atoms with Gasteiger partial charge in [-0.05, 0) is 48.4 Å². The summed E-state index contributed by atoms with van der Waals surface area (Å²) in [6.45, 7) is 2.80. The van der Waals surface area contributed by atoms with Gasteiger partial charge in [0.25, 0.3) is 0 Å². The quantitative estimate of drug-likeness (QED) is 0.311. The first-order chi connectivity index (χ1) is 16.0. The summed E-state index contributed by atoms with van der Waals surface area (Å²) in [4.78, 5) is 29.5. The average Bonchev–Trinajstić information content (AvgIpc) is 3.24. The van der Waals surface area contributed by atoms with Gasteiger partial charge in [0.2, 0.25) is 5.91 Å². The number of halogens is 1. The molecule has 0 aliphatic rings. The van der Waals surface area contributed by atoms with E-state index in [2.05, 4.69) is 17.2 Å². The van der Waals surface area contributed by atoms with Crippen LogP contribution >= 0.6 is 0 Å². The molecule has 0 aliphatic heterocycles. The molecule has 3 rings (SSSR count). The Hall–Kier alpha value is -3.48. The van der Waals surface area contributed by atoms with E-state index in [-0.39, 0.29) is 24.5 Å². The number of Topliss-reactive ketones (excluding diaryl/α,β-unsaturated/α-hetero) is 1. The fraction of sp³-hybridized carbons (Fsp3) is 0.346. The molecule has 6 nitrogen and oxygen atoms in total. The molecule has 0 saturated heterocycles. The number of nitrogens with one attached hydrogen (secondary N) is 1. The summed E-state index contributed by atoms with van der Waals surface area (Å²) in [6.07, 6.45) is 6.72. The molecule has 1 aromatic heterocycles. The van der Waals surface area contributed by atoms with Crippen molar-refractivity contribution in [2.24, 2.45) is 7.05 Å². The van der Waals surface area contributed by atoms with Crippen LogP contribution < -0.4 is 10.1 Å². The standard InChI is InChI=1S/C26H30FN3O3/c1-3-4-5-17-33-22-11-9-19(10-12-22)23(31)13-14-24(32)29-25(26-28-15-16-30(26)2)20-7-6-8-21(27)18-20/h6-12,15-16,18,25H,3-5,13-14,17H2,1-2H3,(H,29,32). The van der Waals surface area contributed by atoms with E-state index in [0.717, 1.165) is 25.0 Å². The molecule has 0 aliphatic carbocycles. The molecule has 2 aromatic carbocycles. The number of nitrogens with zero attached hydrogens (tertiary/aromatic N) is 2. The summed E-state index contributed by atoms with van der Waals surface area (Å²) >= 11 is 0. The van der Waals surface area contributed by atoms with Crippen molar-refractivity contribution in [1.29, 1.82) is 0 Å². The Kier molecular flexibility index (Phi) is 8.75.